The molecule has 0 fully saturated rings. The average molecular weight is 239 g/mol. The fraction of sp³-hybridized carbons (Fsp3) is 0.0909. The van der Waals surface area contributed by atoms with Crippen LogP contribution in [0, 0.1) is 6.92 Å². The minimum atomic E-state index is 0.164. The molecule has 0 spiro atoms. The summed E-state index contributed by atoms with van der Waals surface area (Å²) >= 11 is 11.6. The van der Waals surface area contributed by atoms with E-state index in [1.165, 1.54) is 0 Å². The summed E-state index contributed by atoms with van der Waals surface area (Å²) in [6.45, 7) is 2.01. The van der Waals surface area contributed by atoms with Gasteiger partial charge in [0.15, 0.2) is 0 Å². The van der Waals surface area contributed by atoms with Crippen molar-refractivity contribution in [1.29, 1.82) is 0 Å². The maximum atomic E-state index is 6.00. The molecule has 0 unspecified atom stereocenters. The molecule has 0 amide bonds. The van der Waals surface area contributed by atoms with Crippen molar-refractivity contribution in [3.05, 3.63) is 46.5 Å². The van der Waals surface area contributed by atoms with Crippen LogP contribution in [0.2, 0.25) is 10.4 Å². The van der Waals surface area contributed by atoms with E-state index in [0.717, 1.165) is 16.7 Å². The van der Waals surface area contributed by atoms with Crippen LogP contribution in [-0.2, 0) is 0 Å². The van der Waals surface area contributed by atoms with Gasteiger partial charge in [0.25, 0.3) is 0 Å². The molecule has 1 heterocycles. The van der Waals surface area contributed by atoms with Gasteiger partial charge in [0.2, 0.25) is 5.28 Å². The highest BCUT2D eigenvalue weighted by Crippen LogP contribution is 2.28. The van der Waals surface area contributed by atoms with Crippen LogP contribution in [0.15, 0.2) is 30.5 Å². The number of hydrogen-bond acceptors (Lipinski definition) is 2. The van der Waals surface area contributed by atoms with Crippen LogP contribution < -0.4 is 0 Å². The van der Waals surface area contributed by atoms with Crippen LogP contribution in [0.3, 0.4) is 0 Å². The van der Waals surface area contributed by atoms with E-state index in [1.54, 1.807) is 6.20 Å². The molecule has 2 nitrogen and oxygen atoms in total. The maximum absolute atomic E-state index is 6.00. The Morgan fingerprint density at radius 1 is 1.07 bits per heavy atom. The van der Waals surface area contributed by atoms with Gasteiger partial charge in [-0.25, -0.2) is 9.97 Å². The molecule has 0 radical (unpaired) electrons. The first-order chi connectivity index (χ1) is 7.18. The largest absolute Gasteiger partial charge is 0.226 e. The lowest BCUT2D eigenvalue weighted by Crippen LogP contribution is -1.89. The Kier molecular flexibility index (Phi) is 2.89. The second-order valence-electron chi connectivity index (χ2n) is 3.16. The van der Waals surface area contributed by atoms with Crippen molar-refractivity contribution in [2.45, 2.75) is 6.92 Å². The normalized spacial score (nSPS) is 10.3. The van der Waals surface area contributed by atoms with E-state index in [4.69, 9.17) is 23.2 Å². The Labute approximate surface area is 97.9 Å². The summed E-state index contributed by atoms with van der Waals surface area (Å²) in [5.74, 6) is 0. The summed E-state index contributed by atoms with van der Waals surface area (Å²) in [7, 11) is 0. The highest BCUT2D eigenvalue weighted by Gasteiger charge is 2.08. The van der Waals surface area contributed by atoms with Crippen LogP contribution in [0.4, 0.5) is 0 Å². The van der Waals surface area contributed by atoms with Gasteiger partial charge in [-0.15, -0.1) is 0 Å². The van der Waals surface area contributed by atoms with Crippen LogP contribution >= 0.6 is 23.2 Å². The molecule has 0 saturated heterocycles. The predicted octanol–water partition coefficient (Wildman–Crippen LogP) is 3.76. The van der Waals surface area contributed by atoms with Gasteiger partial charge in [-0.2, -0.15) is 0 Å². The lowest BCUT2D eigenvalue weighted by atomic mass is 10.0. The Morgan fingerprint density at radius 3 is 2.47 bits per heavy atom. The quantitative estimate of drug-likeness (QED) is 0.559. The molecule has 4 heteroatoms. The second-order valence-corrected chi connectivity index (χ2v) is 3.85. The molecule has 15 heavy (non-hydrogen) atoms. The van der Waals surface area contributed by atoms with Gasteiger partial charge in [-0.3, -0.25) is 0 Å². The summed E-state index contributed by atoms with van der Waals surface area (Å²) in [5.41, 5.74) is 2.96. The zero-order valence-electron chi connectivity index (χ0n) is 8.04. The molecule has 1 aromatic heterocycles. The molecule has 0 aliphatic rings. The molecule has 2 rings (SSSR count). The average Bonchev–Trinajstić information content (AvgIpc) is 2.20. The van der Waals surface area contributed by atoms with Crippen LogP contribution in [-0.4, -0.2) is 9.97 Å². The van der Waals surface area contributed by atoms with E-state index in [1.807, 2.05) is 31.2 Å². The minimum Gasteiger partial charge on any atom is -0.226 e. The minimum absolute atomic E-state index is 0.164. The zero-order valence-corrected chi connectivity index (χ0v) is 9.55. The van der Waals surface area contributed by atoms with Crippen molar-refractivity contribution in [2.24, 2.45) is 0 Å². The topological polar surface area (TPSA) is 25.8 Å². The van der Waals surface area contributed by atoms with E-state index in [2.05, 4.69) is 9.97 Å². The van der Waals surface area contributed by atoms with Crippen molar-refractivity contribution in [1.82, 2.24) is 9.97 Å². The first kappa shape index (κ1) is 10.4. The van der Waals surface area contributed by atoms with Gasteiger partial charge in [-0.05, 0) is 29.7 Å². The Balaban J connectivity index is 2.60. The summed E-state index contributed by atoms with van der Waals surface area (Å²) in [6, 6.07) is 7.92. The third kappa shape index (κ3) is 2.11. The van der Waals surface area contributed by atoms with Crippen molar-refractivity contribution < 1.29 is 0 Å². The monoisotopic (exact) mass is 238 g/mol. The van der Waals surface area contributed by atoms with E-state index in [-0.39, 0.29) is 5.28 Å². The lowest BCUT2D eigenvalue weighted by molar-refractivity contribution is 1.17. The molecule has 0 aliphatic heterocycles. The number of aromatic nitrogens is 2. The van der Waals surface area contributed by atoms with E-state index in [9.17, 15) is 0 Å². The van der Waals surface area contributed by atoms with E-state index < -0.39 is 0 Å². The van der Waals surface area contributed by atoms with Crippen LogP contribution in [0.5, 0.6) is 0 Å². The maximum Gasteiger partial charge on any atom is 0.223 e. The highest BCUT2D eigenvalue weighted by atomic mass is 35.5. The third-order valence-electron chi connectivity index (χ3n) is 2.15. The summed E-state index contributed by atoms with van der Waals surface area (Å²) in [4.78, 5) is 7.84. The first-order valence-corrected chi connectivity index (χ1v) is 5.18. The fourth-order valence-electron chi connectivity index (χ4n) is 1.40. The van der Waals surface area contributed by atoms with Gasteiger partial charge < -0.3 is 0 Å². The van der Waals surface area contributed by atoms with Crippen LogP contribution in [0.1, 0.15) is 5.56 Å². The number of benzene rings is 1. The van der Waals surface area contributed by atoms with Gasteiger partial charge >= 0.3 is 0 Å². The summed E-state index contributed by atoms with van der Waals surface area (Å²) < 4.78 is 0. The summed E-state index contributed by atoms with van der Waals surface area (Å²) in [6.07, 6.45) is 1.64. The van der Waals surface area contributed by atoms with Gasteiger partial charge in [-0.1, -0.05) is 35.9 Å². The Hall–Kier alpha value is -1.12. The molecular weight excluding hydrogens is 231 g/mol. The highest BCUT2D eigenvalue weighted by molar-refractivity contribution is 6.33. The van der Waals surface area contributed by atoms with Gasteiger partial charge in [0.05, 0.1) is 0 Å². The predicted molar refractivity (Wildman–Crippen MR) is 62.2 cm³/mol. The fourth-order valence-corrected chi connectivity index (χ4v) is 1.80. The number of hydrogen-bond donors (Lipinski definition) is 0. The summed E-state index contributed by atoms with van der Waals surface area (Å²) in [5, 5.41) is 0.543. The Bertz CT molecular complexity index is 498. The molecule has 1 aromatic carbocycles. The molecule has 0 bridgehead atoms. The van der Waals surface area contributed by atoms with E-state index >= 15 is 0 Å². The molecule has 0 N–H and O–H groups in total. The molecule has 0 atom stereocenters. The van der Waals surface area contributed by atoms with Crippen molar-refractivity contribution in [2.75, 3.05) is 0 Å². The van der Waals surface area contributed by atoms with Crippen LogP contribution in [0.25, 0.3) is 11.1 Å². The standard InChI is InChI=1S/C11H8Cl2N2/c1-7-4-2-3-5-8(7)9-6-14-11(13)15-10(9)12/h2-6H,1H3. The molecular formula is C11H8Cl2N2. The molecule has 0 aliphatic carbocycles. The molecule has 2 aromatic rings. The SMILES string of the molecule is Cc1ccccc1-c1cnc(Cl)nc1Cl. The van der Waals surface area contributed by atoms with Crippen molar-refractivity contribution in [3.8, 4) is 11.1 Å². The van der Waals surface area contributed by atoms with Gasteiger partial charge in [0, 0.05) is 11.8 Å². The first-order valence-electron chi connectivity index (χ1n) is 4.42. The second kappa shape index (κ2) is 4.17. The number of aryl methyl sites for hydroxylation is 1. The molecule has 0 saturated carbocycles. The number of halogens is 2. The number of rotatable bonds is 1. The Morgan fingerprint density at radius 2 is 1.80 bits per heavy atom. The molecule has 76 valence electrons. The smallest absolute Gasteiger partial charge is 0.223 e. The third-order valence-corrected chi connectivity index (χ3v) is 2.62. The van der Waals surface area contributed by atoms with Crippen molar-refractivity contribution >= 4 is 23.2 Å². The van der Waals surface area contributed by atoms with Gasteiger partial charge in [0.1, 0.15) is 5.15 Å². The number of nitrogens with zero attached hydrogens (tertiary/aromatic N) is 2. The lowest BCUT2D eigenvalue weighted by Gasteiger charge is -2.06. The van der Waals surface area contributed by atoms with Crippen molar-refractivity contribution in [3.63, 3.8) is 0 Å². The van der Waals surface area contributed by atoms with E-state index in [0.29, 0.717) is 5.15 Å². The zero-order chi connectivity index (χ0) is 10.8.